The van der Waals surface area contributed by atoms with Crippen molar-refractivity contribution >= 4 is 11.3 Å². The second-order valence-corrected chi connectivity index (χ2v) is 4.41. The first-order chi connectivity index (χ1) is 8.34. The van der Waals surface area contributed by atoms with Crippen molar-refractivity contribution in [3.05, 3.63) is 41.7 Å². The topological polar surface area (TPSA) is 51.8 Å². The summed E-state index contributed by atoms with van der Waals surface area (Å²) < 4.78 is 5.03. The number of rotatable bonds is 2. The minimum Gasteiger partial charge on any atom is -0.361 e. The highest BCUT2D eigenvalue weighted by Crippen LogP contribution is 2.28. The molecule has 0 aliphatic heterocycles. The van der Waals surface area contributed by atoms with Crippen LogP contribution in [0.5, 0.6) is 0 Å². The Balaban J connectivity index is 2.02. The molecule has 0 radical (unpaired) electrons. The van der Waals surface area contributed by atoms with Gasteiger partial charge in [-0.15, -0.1) is 11.3 Å². The number of hydrogen-bond acceptors (Lipinski definition) is 5. The van der Waals surface area contributed by atoms with E-state index in [1.807, 2.05) is 30.5 Å². The van der Waals surface area contributed by atoms with Crippen LogP contribution in [0.25, 0.3) is 22.0 Å². The molecule has 3 aromatic heterocycles. The van der Waals surface area contributed by atoms with Crippen molar-refractivity contribution in [3.8, 4) is 22.0 Å². The minimum absolute atomic E-state index is 0.780. The quantitative estimate of drug-likeness (QED) is 0.693. The zero-order valence-corrected chi connectivity index (χ0v) is 9.94. The number of hydrogen-bond donors (Lipinski definition) is 0. The lowest BCUT2D eigenvalue weighted by Gasteiger charge is -1.93. The van der Waals surface area contributed by atoms with Crippen molar-refractivity contribution in [2.24, 2.45) is 0 Å². The van der Waals surface area contributed by atoms with Crippen LogP contribution in [-0.4, -0.2) is 15.1 Å². The summed E-state index contributed by atoms with van der Waals surface area (Å²) in [6.07, 6.45) is 3.45. The first-order valence-electron chi connectivity index (χ1n) is 5.13. The van der Waals surface area contributed by atoms with Gasteiger partial charge in [-0.2, -0.15) is 0 Å². The fraction of sp³-hybridized carbons (Fsp3) is 0.0833. The van der Waals surface area contributed by atoms with Gasteiger partial charge in [-0.25, -0.2) is 4.98 Å². The maximum Gasteiger partial charge on any atom is 0.143 e. The molecule has 0 unspecified atom stereocenters. The summed E-state index contributed by atoms with van der Waals surface area (Å²) in [4.78, 5) is 8.81. The summed E-state index contributed by atoms with van der Waals surface area (Å²) in [6.45, 7) is 1.88. The Morgan fingerprint density at radius 2 is 2.18 bits per heavy atom. The van der Waals surface area contributed by atoms with E-state index in [9.17, 15) is 0 Å². The molecule has 0 atom stereocenters. The maximum absolute atomic E-state index is 5.03. The fourth-order valence-corrected chi connectivity index (χ4v) is 2.34. The van der Waals surface area contributed by atoms with E-state index in [0.29, 0.717) is 0 Å². The largest absolute Gasteiger partial charge is 0.361 e. The van der Waals surface area contributed by atoms with E-state index in [2.05, 4.69) is 15.1 Å². The molecule has 0 spiro atoms. The fourth-order valence-electron chi connectivity index (χ4n) is 1.55. The highest BCUT2D eigenvalue weighted by Gasteiger charge is 2.11. The SMILES string of the molecule is Cc1oncc1-c1csc(-c2ccccn2)n1. The predicted molar refractivity (Wildman–Crippen MR) is 65.6 cm³/mol. The van der Waals surface area contributed by atoms with E-state index in [-0.39, 0.29) is 0 Å². The Labute approximate surface area is 102 Å². The van der Waals surface area contributed by atoms with Crippen LogP contribution in [0.3, 0.4) is 0 Å². The monoisotopic (exact) mass is 243 g/mol. The first-order valence-corrected chi connectivity index (χ1v) is 6.01. The van der Waals surface area contributed by atoms with Crippen molar-refractivity contribution in [1.82, 2.24) is 15.1 Å². The van der Waals surface area contributed by atoms with Crippen LogP contribution in [0.1, 0.15) is 5.76 Å². The Kier molecular flexibility index (Phi) is 2.45. The van der Waals surface area contributed by atoms with Gasteiger partial charge in [-0.1, -0.05) is 11.2 Å². The number of thiazole rings is 1. The molecule has 3 aromatic rings. The lowest BCUT2D eigenvalue weighted by Crippen LogP contribution is -1.81. The molecule has 17 heavy (non-hydrogen) atoms. The smallest absolute Gasteiger partial charge is 0.143 e. The van der Waals surface area contributed by atoms with Crippen LogP contribution in [0, 0.1) is 6.92 Å². The molecule has 0 saturated heterocycles. The van der Waals surface area contributed by atoms with Crippen LogP contribution >= 0.6 is 11.3 Å². The zero-order valence-electron chi connectivity index (χ0n) is 9.12. The first kappa shape index (κ1) is 10.2. The molecule has 0 N–H and O–H groups in total. The molecular formula is C12H9N3OS. The number of nitrogens with zero attached hydrogens (tertiary/aromatic N) is 3. The Hall–Kier alpha value is -2.01. The molecule has 0 bridgehead atoms. The van der Waals surface area contributed by atoms with Gasteiger partial charge in [-0.3, -0.25) is 4.98 Å². The predicted octanol–water partition coefficient (Wildman–Crippen LogP) is 3.17. The van der Waals surface area contributed by atoms with Gasteiger partial charge in [0.05, 0.1) is 23.1 Å². The van der Waals surface area contributed by atoms with Gasteiger partial charge < -0.3 is 4.52 Å². The van der Waals surface area contributed by atoms with Crippen molar-refractivity contribution in [1.29, 1.82) is 0 Å². The van der Waals surface area contributed by atoms with Gasteiger partial charge in [0.2, 0.25) is 0 Å². The van der Waals surface area contributed by atoms with Crippen molar-refractivity contribution < 1.29 is 4.52 Å². The maximum atomic E-state index is 5.03. The molecule has 5 heteroatoms. The summed E-state index contributed by atoms with van der Waals surface area (Å²) in [5.74, 6) is 0.780. The molecule has 4 nitrogen and oxygen atoms in total. The summed E-state index contributed by atoms with van der Waals surface area (Å²) >= 11 is 1.57. The lowest BCUT2D eigenvalue weighted by atomic mass is 10.2. The van der Waals surface area contributed by atoms with E-state index in [1.165, 1.54) is 0 Å². The Bertz CT molecular complexity index is 630. The standard InChI is InChI=1S/C12H9N3OS/c1-8-9(6-14-16-8)11-7-17-12(15-11)10-4-2-3-5-13-10/h2-7H,1H3. The van der Waals surface area contributed by atoms with E-state index >= 15 is 0 Å². The average molecular weight is 243 g/mol. The molecular weight excluding hydrogens is 234 g/mol. The van der Waals surface area contributed by atoms with Crippen molar-refractivity contribution in [3.63, 3.8) is 0 Å². The van der Waals surface area contributed by atoms with Crippen LogP contribution in [0.4, 0.5) is 0 Å². The average Bonchev–Trinajstić information content (AvgIpc) is 2.98. The molecule has 3 heterocycles. The Morgan fingerprint density at radius 3 is 2.88 bits per heavy atom. The van der Waals surface area contributed by atoms with Gasteiger partial charge in [0.1, 0.15) is 10.8 Å². The van der Waals surface area contributed by atoms with E-state index in [4.69, 9.17) is 4.52 Å². The van der Waals surface area contributed by atoms with Crippen LogP contribution in [0.15, 0.2) is 40.5 Å². The second-order valence-electron chi connectivity index (χ2n) is 3.55. The van der Waals surface area contributed by atoms with Crippen molar-refractivity contribution in [2.75, 3.05) is 0 Å². The molecule has 0 aromatic carbocycles. The Morgan fingerprint density at radius 1 is 1.24 bits per heavy atom. The van der Waals surface area contributed by atoms with Gasteiger partial charge in [-0.05, 0) is 19.1 Å². The van der Waals surface area contributed by atoms with Crippen LogP contribution in [0.2, 0.25) is 0 Å². The van der Waals surface area contributed by atoms with Crippen LogP contribution < -0.4 is 0 Å². The molecule has 0 aliphatic carbocycles. The highest BCUT2D eigenvalue weighted by atomic mass is 32.1. The summed E-state index contributed by atoms with van der Waals surface area (Å²) in [6, 6.07) is 5.79. The third kappa shape index (κ3) is 1.85. The molecule has 0 amide bonds. The molecule has 0 aliphatic rings. The molecule has 3 rings (SSSR count). The number of aromatic nitrogens is 3. The minimum atomic E-state index is 0.780. The van der Waals surface area contributed by atoms with E-state index in [1.54, 1.807) is 23.7 Å². The van der Waals surface area contributed by atoms with Gasteiger partial charge in [0.25, 0.3) is 0 Å². The van der Waals surface area contributed by atoms with Gasteiger partial charge >= 0.3 is 0 Å². The normalized spacial score (nSPS) is 10.6. The van der Waals surface area contributed by atoms with E-state index < -0.39 is 0 Å². The lowest BCUT2D eigenvalue weighted by molar-refractivity contribution is 0.398. The van der Waals surface area contributed by atoms with Crippen LogP contribution in [-0.2, 0) is 0 Å². The summed E-state index contributed by atoms with van der Waals surface area (Å²) in [5.41, 5.74) is 2.70. The number of pyridine rings is 1. The summed E-state index contributed by atoms with van der Waals surface area (Å²) in [7, 11) is 0. The summed E-state index contributed by atoms with van der Waals surface area (Å²) in [5, 5.41) is 6.65. The third-order valence-electron chi connectivity index (χ3n) is 2.41. The molecule has 0 saturated carbocycles. The van der Waals surface area contributed by atoms with Crippen molar-refractivity contribution in [2.45, 2.75) is 6.92 Å². The zero-order chi connectivity index (χ0) is 11.7. The number of aryl methyl sites for hydroxylation is 1. The molecule has 84 valence electrons. The van der Waals surface area contributed by atoms with Gasteiger partial charge in [0, 0.05) is 11.6 Å². The third-order valence-corrected chi connectivity index (χ3v) is 3.28. The second kappa shape index (κ2) is 4.10. The highest BCUT2D eigenvalue weighted by molar-refractivity contribution is 7.13. The molecule has 0 fully saturated rings. The van der Waals surface area contributed by atoms with E-state index in [0.717, 1.165) is 27.7 Å². The van der Waals surface area contributed by atoms with Gasteiger partial charge in [0.15, 0.2) is 0 Å².